The van der Waals surface area contributed by atoms with Crippen molar-refractivity contribution in [3.63, 3.8) is 0 Å². The highest BCUT2D eigenvalue weighted by Gasteiger charge is 2.38. The minimum absolute atomic E-state index is 0.0759. The van der Waals surface area contributed by atoms with Crippen molar-refractivity contribution in [1.82, 2.24) is 24.8 Å². The van der Waals surface area contributed by atoms with E-state index in [1.54, 1.807) is 32.0 Å². The second-order valence-corrected chi connectivity index (χ2v) is 13.3. The summed E-state index contributed by atoms with van der Waals surface area (Å²) in [7, 11) is -3.29. The quantitative estimate of drug-likeness (QED) is 0.374. The van der Waals surface area contributed by atoms with Crippen molar-refractivity contribution in [3.05, 3.63) is 56.7 Å². The molecular weight excluding hydrogens is 557 g/mol. The standard InChI is InChI=1S/C24H23F3N6O4S2/c1-11-9-33(10-12(2)39(11,36)37)23(35)22-32-16-5-4-14(6-19(16)38-22)28-8-18-15(24(25,26)27)7-17-20(31-18)21(34)30-13(3)29-17/h4-7,11-12,28H,8-10H2,1-3H3,(H,29,30,34). The summed E-state index contributed by atoms with van der Waals surface area (Å²) in [6, 6.07) is 5.72. The van der Waals surface area contributed by atoms with E-state index < -0.39 is 37.6 Å². The van der Waals surface area contributed by atoms with Gasteiger partial charge in [-0.2, -0.15) is 13.2 Å². The fourth-order valence-electron chi connectivity index (χ4n) is 4.52. The van der Waals surface area contributed by atoms with Crippen LogP contribution in [-0.4, -0.2) is 62.8 Å². The molecule has 1 amide bonds. The number of halogens is 3. The molecule has 1 aromatic carbocycles. The number of aromatic nitrogens is 4. The maximum Gasteiger partial charge on any atom is 0.418 e. The van der Waals surface area contributed by atoms with Crippen LogP contribution in [0.3, 0.4) is 0 Å². The Morgan fingerprint density at radius 2 is 1.82 bits per heavy atom. The largest absolute Gasteiger partial charge is 0.418 e. The molecule has 15 heteroatoms. The zero-order valence-corrected chi connectivity index (χ0v) is 22.6. The average Bonchev–Trinajstić information content (AvgIpc) is 3.28. The van der Waals surface area contributed by atoms with Crippen molar-refractivity contribution in [2.45, 2.75) is 44.0 Å². The topological polar surface area (TPSA) is 138 Å². The Bertz CT molecular complexity index is 1770. The molecule has 0 spiro atoms. The third-order valence-corrected chi connectivity index (χ3v) is 10.1. The highest BCUT2D eigenvalue weighted by atomic mass is 32.2. The molecule has 0 radical (unpaired) electrons. The van der Waals surface area contributed by atoms with Gasteiger partial charge in [-0.1, -0.05) is 0 Å². The summed E-state index contributed by atoms with van der Waals surface area (Å²) in [5.74, 6) is -0.193. The number of sulfone groups is 1. The first-order chi connectivity index (χ1) is 18.2. The zero-order valence-electron chi connectivity index (χ0n) is 21.0. The lowest BCUT2D eigenvalue weighted by atomic mass is 10.1. The number of amides is 1. The summed E-state index contributed by atoms with van der Waals surface area (Å²) in [5.41, 5.74) is -1.36. The van der Waals surface area contributed by atoms with E-state index >= 15 is 0 Å². The second kappa shape index (κ2) is 9.55. The molecule has 0 bridgehead atoms. The summed E-state index contributed by atoms with van der Waals surface area (Å²) < 4.78 is 66.5. The molecule has 2 N–H and O–H groups in total. The molecule has 1 aliphatic rings. The number of aryl methyl sites for hydroxylation is 1. The molecule has 4 aromatic rings. The number of anilines is 1. The molecular formula is C24H23F3N6O4S2. The Kier molecular flexibility index (Phi) is 6.61. The molecule has 206 valence electrons. The van der Waals surface area contributed by atoms with Gasteiger partial charge in [0.1, 0.15) is 5.82 Å². The van der Waals surface area contributed by atoms with E-state index in [1.165, 1.54) is 11.8 Å². The van der Waals surface area contributed by atoms with Gasteiger partial charge in [-0.3, -0.25) is 9.59 Å². The van der Waals surface area contributed by atoms with Gasteiger partial charge >= 0.3 is 6.18 Å². The number of hydrogen-bond donors (Lipinski definition) is 2. The Hall–Kier alpha value is -3.59. The third kappa shape index (κ3) is 5.07. The molecule has 1 aliphatic heterocycles. The number of thiazole rings is 1. The van der Waals surface area contributed by atoms with Gasteiger partial charge < -0.3 is 15.2 Å². The fraction of sp³-hybridized carbons (Fsp3) is 0.375. The van der Waals surface area contributed by atoms with Crippen LogP contribution < -0.4 is 10.9 Å². The Labute approximate surface area is 224 Å². The van der Waals surface area contributed by atoms with Crippen LogP contribution >= 0.6 is 11.3 Å². The monoisotopic (exact) mass is 580 g/mol. The van der Waals surface area contributed by atoms with E-state index in [0.717, 1.165) is 17.4 Å². The lowest BCUT2D eigenvalue weighted by molar-refractivity contribution is -0.138. The van der Waals surface area contributed by atoms with Crippen LogP contribution in [0.5, 0.6) is 0 Å². The van der Waals surface area contributed by atoms with E-state index in [9.17, 15) is 31.2 Å². The van der Waals surface area contributed by atoms with Gasteiger partial charge in [0, 0.05) is 18.8 Å². The SMILES string of the molecule is Cc1nc2cc(C(F)(F)F)c(CNc3ccc4nc(C(=O)N5CC(C)S(=O)(=O)C(C)C5)sc4c3)nc2c(=O)[nH]1. The number of fused-ring (bicyclic) bond motifs is 2. The van der Waals surface area contributed by atoms with E-state index in [1.807, 2.05) is 0 Å². The van der Waals surface area contributed by atoms with Gasteiger partial charge in [-0.25, -0.2) is 23.4 Å². The van der Waals surface area contributed by atoms with Crippen molar-refractivity contribution >= 4 is 54.0 Å². The first-order valence-corrected chi connectivity index (χ1v) is 14.3. The molecule has 2 atom stereocenters. The normalized spacial score (nSPS) is 19.5. The molecule has 3 aromatic heterocycles. The summed E-state index contributed by atoms with van der Waals surface area (Å²) in [4.78, 5) is 41.5. The van der Waals surface area contributed by atoms with Gasteiger partial charge in [0.15, 0.2) is 20.4 Å². The van der Waals surface area contributed by atoms with Crippen molar-refractivity contribution in [2.24, 2.45) is 0 Å². The van der Waals surface area contributed by atoms with Crippen LogP contribution in [0.1, 0.15) is 40.7 Å². The number of nitrogens with zero attached hydrogens (tertiary/aromatic N) is 4. The molecule has 2 unspecified atom stereocenters. The van der Waals surface area contributed by atoms with Crippen molar-refractivity contribution in [3.8, 4) is 0 Å². The van der Waals surface area contributed by atoms with E-state index in [4.69, 9.17) is 0 Å². The van der Waals surface area contributed by atoms with Crippen LogP contribution in [-0.2, 0) is 22.6 Å². The first kappa shape index (κ1) is 27.0. The zero-order chi connectivity index (χ0) is 28.3. The number of alkyl halides is 3. The van der Waals surface area contributed by atoms with Gasteiger partial charge in [-0.15, -0.1) is 11.3 Å². The lowest BCUT2D eigenvalue weighted by Gasteiger charge is -2.34. The minimum atomic E-state index is -4.71. The highest BCUT2D eigenvalue weighted by molar-refractivity contribution is 7.92. The maximum absolute atomic E-state index is 13.8. The van der Waals surface area contributed by atoms with Crippen LogP contribution in [0.4, 0.5) is 18.9 Å². The molecule has 4 heterocycles. The number of H-pyrrole nitrogens is 1. The molecule has 1 fully saturated rings. The van der Waals surface area contributed by atoms with E-state index in [2.05, 4.69) is 25.3 Å². The smallest absolute Gasteiger partial charge is 0.379 e. The maximum atomic E-state index is 13.8. The predicted octanol–water partition coefficient (Wildman–Crippen LogP) is 3.51. The first-order valence-electron chi connectivity index (χ1n) is 11.9. The average molecular weight is 581 g/mol. The summed E-state index contributed by atoms with van der Waals surface area (Å²) >= 11 is 1.11. The number of carbonyl (C=O) groups excluding carboxylic acids is 1. The molecule has 39 heavy (non-hydrogen) atoms. The number of carbonyl (C=O) groups is 1. The molecule has 5 rings (SSSR count). The van der Waals surface area contributed by atoms with Crippen LogP contribution in [0.2, 0.25) is 0 Å². The van der Waals surface area contributed by atoms with Gasteiger partial charge in [0.25, 0.3) is 11.5 Å². The molecule has 10 nitrogen and oxygen atoms in total. The number of rotatable bonds is 4. The fourth-order valence-corrected chi connectivity index (χ4v) is 7.06. The number of aromatic amines is 1. The Morgan fingerprint density at radius 3 is 2.49 bits per heavy atom. The minimum Gasteiger partial charge on any atom is -0.379 e. The second-order valence-electron chi connectivity index (χ2n) is 9.47. The van der Waals surface area contributed by atoms with E-state index in [0.29, 0.717) is 15.9 Å². The van der Waals surface area contributed by atoms with Crippen LogP contribution in [0, 0.1) is 6.92 Å². The van der Waals surface area contributed by atoms with Gasteiger partial charge in [0.05, 0.1) is 44.0 Å². The van der Waals surface area contributed by atoms with Crippen molar-refractivity contribution in [1.29, 1.82) is 0 Å². The lowest BCUT2D eigenvalue weighted by Crippen LogP contribution is -2.52. The number of benzene rings is 1. The van der Waals surface area contributed by atoms with Crippen molar-refractivity contribution < 1.29 is 26.4 Å². The predicted molar refractivity (Wildman–Crippen MR) is 141 cm³/mol. The highest BCUT2D eigenvalue weighted by Crippen LogP contribution is 2.33. The number of hydrogen-bond acceptors (Lipinski definition) is 9. The van der Waals surface area contributed by atoms with Crippen LogP contribution in [0.25, 0.3) is 21.3 Å². The number of pyridine rings is 1. The molecule has 0 saturated carbocycles. The summed E-state index contributed by atoms with van der Waals surface area (Å²) in [6.45, 7) is 4.44. The summed E-state index contributed by atoms with van der Waals surface area (Å²) in [5, 5.41) is 1.73. The summed E-state index contributed by atoms with van der Waals surface area (Å²) in [6.07, 6.45) is -4.71. The van der Waals surface area contributed by atoms with Gasteiger partial charge in [-0.05, 0) is 45.0 Å². The third-order valence-electron chi connectivity index (χ3n) is 6.58. The number of nitrogens with one attached hydrogen (secondary N) is 2. The Morgan fingerprint density at radius 1 is 1.13 bits per heavy atom. The molecule has 0 aliphatic carbocycles. The molecule has 1 saturated heterocycles. The van der Waals surface area contributed by atoms with Crippen molar-refractivity contribution in [2.75, 3.05) is 18.4 Å². The van der Waals surface area contributed by atoms with Gasteiger partial charge in [0.2, 0.25) is 0 Å². The Balaban J connectivity index is 1.39. The van der Waals surface area contributed by atoms with E-state index in [-0.39, 0.29) is 53.1 Å². The van der Waals surface area contributed by atoms with Crippen LogP contribution in [0.15, 0.2) is 29.1 Å².